The van der Waals surface area contributed by atoms with Crippen LogP contribution in [0.15, 0.2) is 12.2 Å². The predicted octanol–water partition coefficient (Wildman–Crippen LogP) is 2.87. The molecule has 0 aromatic rings. The molecule has 0 aromatic heterocycles. The van der Waals surface area contributed by atoms with Crippen LogP contribution < -0.4 is 0 Å². The second-order valence-corrected chi connectivity index (χ2v) is 2.35. The second-order valence-electron chi connectivity index (χ2n) is 2.35. The molecule has 0 amide bonds. The SMILES string of the molecule is C=C([CH2-])C.[CH2-]C(C)C.[Ti+2]. The Morgan fingerprint density at radius 1 is 1.44 bits per heavy atom. The normalized spacial score (nSPS) is 6.78. The third-order valence-corrected chi connectivity index (χ3v) is 0. The maximum Gasteiger partial charge on any atom is 2.00 e. The molecule has 0 aliphatic rings. The van der Waals surface area contributed by atoms with E-state index in [4.69, 9.17) is 0 Å². The minimum Gasteiger partial charge on any atom is -0.341 e. The summed E-state index contributed by atoms with van der Waals surface area (Å²) in [6.07, 6.45) is 0. The Bertz CT molecular complexity index is 48.8. The first-order valence-corrected chi connectivity index (χ1v) is 2.77. The average Bonchev–Trinajstić information content (AvgIpc) is 1.25. The Balaban J connectivity index is -0.0000000720. The van der Waals surface area contributed by atoms with Crippen LogP contribution in [0.25, 0.3) is 0 Å². The van der Waals surface area contributed by atoms with E-state index in [1.165, 1.54) is 0 Å². The van der Waals surface area contributed by atoms with Crippen LogP contribution >= 0.6 is 0 Å². The molecule has 0 fully saturated rings. The Hall–Kier alpha value is 0.324. The first-order chi connectivity index (χ1) is 3.46. The van der Waals surface area contributed by atoms with Gasteiger partial charge in [-0.15, -0.1) is 0 Å². The molecule has 9 heavy (non-hydrogen) atoms. The van der Waals surface area contributed by atoms with Crippen LogP contribution in [0.3, 0.4) is 0 Å². The average molecular weight is 160 g/mol. The molecule has 52 valence electrons. The standard InChI is InChI=1S/C4H9.C4H7.Ti/c2*1-4(2)3;/h4H,1H2,2-3H3;1-2H2,3H3;/q2*-1;+2. The van der Waals surface area contributed by atoms with Crippen molar-refractivity contribution in [1.82, 2.24) is 0 Å². The zero-order valence-corrected chi connectivity index (χ0v) is 8.26. The summed E-state index contributed by atoms with van der Waals surface area (Å²) in [6, 6.07) is 0. The van der Waals surface area contributed by atoms with Gasteiger partial charge in [0.2, 0.25) is 0 Å². The fraction of sp³-hybridized carbons (Fsp3) is 0.500. The van der Waals surface area contributed by atoms with Crippen molar-refractivity contribution in [3.05, 3.63) is 26.0 Å². The molecule has 0 spiro atoms. The van der Waals surface area contributed by atoms with Crippen LogP contribution in [0.4, 0.5) is 0 Å². The zero-order chi connectivity index (χ0) is 7.15. The van der Waals surface area contributed by atoms with Gasteiger partial charge in [-0.25, -0.2) is 19.1 Å². The summed E-state index contributed by atoms with van der Waals surface area (Å²) in [5.41, 5.74) is 0.917. The predicted molar refractivity (Wildman–Crippen MR) is 40.4 cm³/mol. The molecule has 0 aliphatic heterocycles. The van der Waals surface area contributed by atoms with Crippen molar-refractivity contribution in [3.63, 3.8) is 0 Å². The summed E-state index contributed by atoms with van der Waals surface area (Å²) in [6.45, 7) is 16.5. The first kappa shape index (κ1) is 16.2. The molecule has 0 heterocycles. The van der Waals surface area contributed by atoms with Crippen molar-refractivity contribution in [2.24, 2.45) is 5.92 Å². The number of allylic oxidation sites excluding steroid dienone is 1. The number of rotatable bonds is 0. The molecule has 0 aliphatic carbocycles. The van der Waals surface area contributed by atoms with E-state index in [1.54, 1.807) is 0 Å². The number of hydrogen-bond donors (Lipinski definition) is 0. The summed E-state index contributed by atoms with van der Waals surface area (Å²) in [5, 5.41) is 0. The van der Waals surface area contributed by atoms with E-state index < -0.39 is 0 Å². The maximum atomic E-state index is 3.64. The summed E-state index contributed by atoms with van der Waals surface area (Å²) < 4.78 is 0. The Morgan fingerprint density at radius 3 is 1.44 bits per heavy atom. The van der Waals surface area contributed by atoms with Gasteiger partial charge in [-0.3, -0.25) is 0 Å². The third kappa shape index (κ3) is 3170. The van der Waals surface area contributed by atoms with Crippen LogP contribution in [0, 0.1) is 19.8 Å². The van der Waals surface area contributed by atoms with E-state index in [9.17, 15) is 0 Å². The second kappa shape index (κ2) is 11.2. The minimum atomic E-state index is 0. The van der Waals surface area contributed by atoms with Crippen molar-refractivity contribution in [1.29, 1.82) is 0 Å². The van der Waals surface area contributed by atoms with E-state index in [-0.39, 0.29) is 21.7 Å². The maximum absolute atomic E-state index is 3.64. The Kier molecular flexibility index (Phi) is 20.0. The van der Waals surface area contributed by atoms with Gasteiger partial charge in [0.05, 0.1) is 0 Å². The summed E-state index contributed by atoms with van der Waals surface area (Å²) in [5.74, 6) is 0.583. The van der Waals surface area contributed by atoms with Gasteiger partial charge in [0.15, 0.2) is 0 Å². The molecule has 0 nitrogen and oxygen atoms in total. The quantitative estimate of drug-likeness (QED) is 0.377. The van der Waals surface area contributed by atoms with Crippen molar-refractivity contribution in [2.45, 2.75) is 20.8 Å². The van der Waals surface area contributed by atoms with Crippen LogP contribution in [0.1, 0.15) is 20.8 Å². The number of hydrogen-bond acceptors (Lipinski definition) is 0. The van der Waals surface area contributed by atoms with E-state index in [1.807, 2.05) is 6.92 Å². The first-order valence-electron chi connectivity index (χ1n) is 2.77. The fourth-order valence-corrected chi connectivity index (χ4v) is 0. The molecule has 0 saturated heterocycles. The smallest absolute Gasteiger partial charge is 0.341 e. The summed E-state index contributed by atoms with van der Waals surface area (Å²) in [4.78, 5) is 0. The molecule has 0 atom stereocenters. The van der Waals surface area contributed by atoms with Gasteiger partial charge in [-0.05, 0) is 0 Å². The third-order valence-electron chi connectivity index (χ3n) is 0. The molecule has 0 bridgehead atoms. The molecule has 0 radical (unpaired) electrons. The minimum absolute atomic E-state index is 0. The van der Waals surface area contributed by atoms with Gasteiger partial charge in [-0.2, -0.15) is 5.92 Å². The summed E-state index contributed by atoms with van der Waals surface area (Å²) in [7, 11) is 0. The van der Waals surface area contributed by atoms with Gasteiger partial charge in [0, 0.05) is 0 Å². The van der Waals surface area contributed by atoms with Crippen molar-refractivity contribution >= 4 is 0 Å². The molecule has 0 saturated carbocycles. The van der Waals surface area contributed by atoms with Gasteiger partial charge in [0.1, 0.15) is 0 Å². The summed E-state index contributed by atoms with van der Waals surface area (Å²) >= 11 is 0. The largest absolute Gasteiger partial charge is 2.00 e. The van der Waals surface area contributed by atoms with Gasteiger partial charge < -0.3 is 6.92 Å². The van der Waals surface area contributed by atoms with Gasteiger partial charge in [-0.1, -0.05) is 20.8 Å². The fourth-order valence-electron chi connectivity index (χ4n) is 0. The molecule has 0 rings (SSSR count). The monoisotopic (exact) mass is 160 g/mol. The van der Waals surface area contributed by atoms with Crippen molar-refractivity contribution in [2.75, 3.05) is 0 Å². The van der Waals surface area contributed by atoms with Crippen LogP contribution in [-0.4, -0.2) is 0 Å². The zero-order valence-electron chi connectivity index (χ0n) is 6.70. The van der Waals surface area contributed by atoms with Crippen molar-refractivity contribution in [3.8, 4) is 0 Å². The van der Waals surface area contributed by atoms with E-state index in [0.29, 0.717) is 5.92 Å². The van der Waals surface area contributed by atoms with Gasteiger partial charge >= 0.3 is 21.7 Å². The molecule has 0 aromatic carbocycles. The Morgan fingerprint density at radius 2 is 1.44 bits per heavy atom. The molecule has 1 heteroatoms. The van der Waals surface area contributed by atoms with Gasteiger partial charge in [0.25, 0.3) is 0 Å². The van der Waals surface area contributed by atoms with E-state index in [0.717, 1.165) is 5.57 Å². The van der Waals surface area contributed by atoms with E-state index >= 15 is 0 Å². The van der Waals surface area contributed by atoms with Crippen LogP contribution in [-0.2, 0) is 21.7 Å². The van der Waals surface area contributed by atoms with Crippen LogP contribution in [0.5, 0.6) is 0 Å². The topological polar surface area (TPSA) is 0 Å². The molecular formula is C8H16Ti. The Labute approximate surface area is 74.6 Å². The van der Waals surface area contributed by atoms with Crippen LogP contribution in [0.2, 0.25) is 0 Å². The molecule has 0 N–H and O–H groups in total. The molecule has 0 unspecified atom stereocenters. The van der Waals surface area contributed by atoms with E-state index in [2.05, 4.69) is 34.3 Å². The van der Waals surface area contributed by atoms with Crippen molar-refractivity contribution < 1.29 is 21.7 Å². The molecular weight excluding hydrogens is 144 g/mol.